The summed E-state index contributed by atoms with van der Waals surface area (Å²) in [4.78, 5) is 59.3. The molecule has 3 unspecified atom stereocenters. The Morgan fingerprint density at radius 3 is 2.25 bits per heavy atom. The van der Waals surface area contributed by atoms with Crippen LogP contribution in [0.2, 0.25) is 0 Å². The Morgan fingerprint density at radius 1 is 1.03 bits per heavy atom. The van der Waals surface area contributed by atoms with Gasteiger partial charge in [0.25, 0.3) is 0 Å². The molecule has 1 aromatic carbocycles. The summed E-state index contributed by atoms with van der Waals surface area (Å²) in [6, 6.07) is 5.45. The Hall–Kier alpha value is -3.12. The summed E-state index contributed by atoms with van der Waals surface area (Å²) in [7, 11) is 0. The maximum atomic E-state index is 12.7. The average molecular weight is 468 g/mol. The third-order valence-electron chi connectivity index (χ3n) is 4.34. The van der Waals surface area contributed by atoms with E-state index < -0.39 is 54.3 Å². The van der Waals surface area contributed by atoms with Crippen LogP contribution in [-0.2, 0) is 30.4 Å². The fourth-order valence-corrected chi connectivity index (χ4v) is 3.15. The van der Waals surface area contributed by atoms with Gasteiger partial charge in [-0.05, 0) is 24.0 Å². The van der Waals surface area contributed by atoms with Gasteiger partial charge in [-0.3, -0.25) is 19.2 Å². The lowest BCUT2D eigenvalue weighted by molar-refractivity contribution is -0.141. The third-order valence-corrected chi connectivity index (χ3v) is 4.98. The maximum absolute atomic E-state index is 12.7. The van der Waals surface area contributed by atoms with Crippen LogP contribution in [0, 0.1) is 0 Å². The molecule has 0 spiro atoms. The number of carboxylic acids is 1. The van der Waals surface area contributed by atoms with Crippen LogP contribution in [0.3, 0.4) is 0 Å². The molecule has 0 aliphatic heterocycles. The van der Waals surface area contributed by atoms with E-state index in [-0.39, 0.29) is 19.3 Å². The number of aliphatic carboxylic acids is 1. The molecule has 32 heavy (non-hydrogen) atoms. The minimum absolute atomic E-state index is 0.106. The Bertz CT molecular complexity index is 807. The SMILES string of the molecule is CSCCC(NC(=O)CNC(=O)C(Cc1ccccc1)NC(=O)C(N)CC(N)=O)C(=O)O. The lowest BCUT2D eigenvalue weighted by Crippen LogP contribution is -2.54. The Balaban J connectivity index is 2.77. The zero-order valence-corrected chi connectivity index (χ0v) is 18.5. The van der Waals surface area contributed by atoms with Gasteiger partial charge in [0.15, 0.2) is 0 Å². The molecule has 0 fully saturated rings. The second-order valence-corrected chi connectivity index (χ2v) is 7.97. The van der Waals surface area contributed by atoms with Crippen LogP contribution in [0.15, 0.2) is 30.3 Å². The van der Waals surface area contributed by atoms with Gasteiger partial charge in [0.05, 0.1) is 19.0 Å². The second kappa shape index (κ2) is 14.0. The molecule has 4 amide bonds. The quantitative estimate of drug-likeness (QED) is 0.187. The zero-order chi connectivity index (χ0) is 24.1. The standard InChI is InChI=1S/C20H29N5O6S/c1-32-8-7-14(20(30)31)24-17(27)11-23-19(29)15(9-12-5-3-2-4-6-12)25-18(28)13(21)10-16(22)26/h2-6,13-15H,7-11,21H2,1H3,(H2,22,26)(H,23,29)(H,24,27)(H,25,28)(H,30,31). The fraction of sp³-hybridized carbons (Fsp3) is 0.450. The van der Waals surface area contributed by atoms with Crippen LogP contribution in [0.25, 0.3) is 0 Å². The molecule has 3 atom stereocenters. The van der Waals surface area contributed by atoms with Crippen molar-refractivity contribution in [3.05, 3.63) is 35.9 Å². The van der Waals surface area contributed by atoms with E-state index in [1.54, 1.807) is 30.3 Å². The molecule has 0 saturated heterocycles. The lowest BCUT2D eigenvalue weighted by atomic mass is 10.0. The van der Waals surface area contributed by atoms with Crippen LogP contribution in [0.1, 0.15) is 18.4 Å². The summed E-state index contributed by atoms with van der Waals surface area (Å²) < 4.78 is 0. The van der Waals surface area contributed by atoms with Crippen molar-refractivity contribution in [1.82, 2.24) is 16.0 Å². The van der Waals surface area contributed by atoms with Gasteiger partial charge in [-0.1, -0.05) is 30.3 Å². The van der Waals surface area contributed by atoms with Crippen LogP contribution in [0.4, 0.5) is 0 Å². The minimum Gasteiger partial charge on any atom is -0.480 e. The van der Waals surface area contributed by atoms with Crippen molar-refractivity contribution in [2.24, 2.45) is 11.5 Å². The summed E-state index contributed by atoms with van der Waals surface area (Å²) in [6.07, 6.45) is 1.77. The number of hydrogen-bond donors (Lipinski definition) is 6. The molecule has 0 radical (unpaired) electrons. The first-order chi connectivity index (χ1) is 15.1. The van der Waals surface area contributed by atoms with E-state index >= 15 is 0 Å². The molecule has 1 aromatic rings. The van der Waals surface area contributed by atoms with Crippen molar-refractivity contribution in [2.75, 3.05) is 18.6 Å². The highest BCUT2D eigenvalue weighted by Gasteiger charge is 2.26. The van der Waals surface area contributed by atoms with Gasteiger partial charge in [0.2, 0.25) is 23.6 Å². The van der Waals surface area contributed by atoms with E-state index in [0.717, 1.165) is 5.56 Å². The number of nitrogens with one attached hydrogen (secondary N) is 3. The molecule has 0 heterocycles. The van der Waals surface area contributed by atoms with Gasteiger partial charge in [0.1, 0.15) is 12.1 Å². The smallest absolute Gasteiger partial charge is 0.326 e. The van der Waals surface area contributed by atoms with Gasteiger partial charge in [-0.25, -0.2) is 4.79 Å². The van der Waals surface area contributed by atoms with Crippen LogP contribution >= 0.6 is 11.8 Å². The van der Waals surface area contributed by atoms with Gasteiger partial charge < -0.3 is 32.5 Å². The molecule has 1 rings (SSSR count). The minimum atomic E-state index is -1.23. The highest BCUT2D eigenvalue weighted by atomic mass is 32.2. The van der Waals surface area contributed by atoms with Gasteiger partial charge >= 0.3 is 5.97 Å². The number of carboxylic acid groups (broad SMARTS) is 1. The molecule has 0 aliphatic rings. The van der Waals surface area contributed by atoms with Crippen molar-refractivity contribution in [1.29, 1.82) is 0 Å². The van der Waals surface area contributed by atoms with Crippen molar-refractivity contribution < 1.29 is 29.1 Å². The molecule has 0 aliphatic carbocycles. The third kappa shape index (κ3) is 10.3. The predicted molar refractivity (Wildman–Crippen MR) is 119 cm³/mol. The number of amides is 4. The van der Waals surface area contributed by atoms with E-state index in [2.05, 4.69) is 16.0 Å². The highest BCUT2D eigenvalue weighted by molar-refractivity contribution is 7.98. The van der Waals surface area contributed by atoms with Gasteiger partial charge in [-0.2, -0.15) is 11.8 Å². The molecular weight excluding hydrogens is 438 g/mol. The number of benzene rings is 1. The molecule has 0 saturated carbocycles. The summed E-state index contributed by atoms with van der Waals surface area (Å²) in [5, 5.41) is 16.4. The highest BCUT2D eigenvalue weighted by Crippen LogP contribution is 2.05. The number of rotatable bonds is 14. The van der Waals surface area contributed by atoms with E-state index in [1.807, 2.05) is 6.26 Å². The number of thioether (sulfide) groups is 1. The first kappa shape index (κ1) is 26.9. The van der Waals surface area contributed by atoms with Crippen molar-refractivity contribution in [2.45, 2.75) is 37.4 Å². The van der Waals surface area contributed by atoms with Crippen LogP contribution < -0.4 is 27.4 Å². The van der Waals surface area contributed by atoms with E-state index in [4.69, 9.17) is 11.5 Å². The molecule has 0 bridgehead atoms. The Kier molecular flexibility index (Phi) is 11.8. The fourth-order valence-electron chi connectivity index (χ4n) is 2.68. The molecule has 11 nitrogen and oxygen atoms in total. The largest absolute Gasteiger partial charge is 0.480 e. The van der Waals surface area contributed by atoms with E-state index in [9.17, 15) is 29.1 Å². The maximum Gasteiger partial charge on any atom is 0.326 e. The van der Waals surface area contributed by atoms with Gasteiger partial charge in [0, 0.05) is 6.42 Å². The lowest BCUT2D eigenvalue weighted by Gasteiger charge is -2.21. The molecule has 0 aromatic heterocycles. The monoisotopic (exact) mass is 467 g/mol. The first-order valence-corrected chi connectivity index (χ1v) is 11.2. The summed E-state index contributed by atoms with van der Waals surface area (Å²) in [5.74, 6) is -3.48. The number of hydrogen-bond acceptors (Lipinski definition) is 7. The number of nitrogens with two attached hydrogens (primary N) is 2. The van der Waals surface area contributed by atoms with Crippen molar-refractivity contribution in [3.8, 4) is 0 Å². The number of carbonyl (C=O) groups excluding carboxylic acids is 4. The van der Waals surface area contributed by atoms with Crippen LogP contribution in [0.5, 0.6) is 0 Å². The molecule has 12 heteroatoms. The number of primary amides is 1. The topological polar surface area (TPSA) is 194 Å². The molecular formula is C20H29N5O6S. The van der Waals surface area contributed by atoms with E-state index in [0.29, 0.717) is 5.75 Å². The predicted octanol–water partition coefficient (Wildman–Crippen LogP) is -1.64. The Morgan fingerprint density at radius 2 is 1.69 bits per heavy atom. The zero-order valence-electron chi connectivity index (χ0n) is 17.7. The van der Waals surface area contributed by atoms with Crippen molar-refractivity contribution >= 4 is 41.4 Å². The van der Waals surface area contributed by atoms with Crippen molar-refractivity contribution in [3.63, 3.8) is 0 Å². The van der Waals surface area contributed by atoms with E-state index in [1.165, 1.54) is 11.8 Å². The number of carbonyl (C=O) groups is 5. The summed E-state index contributed by atoms with van der Waals surface area (Å²) in [5.41, 5.74) is 11.4. The van der Waals surface area contributed by atoms with Gasteiger partial charge in [-0.15, -0.1) is 0 Å². The summed E-state index contributed by atoms with van der Waals surface area (Å²) in [6.45, 7) is -0.476. The molecule has 176 valence electrons. The Labute approximate surface area is 190 Å². The normalized spacial score (nSPS) is 13.3. The molecule has 8 N–H and O–H groups in total. The summed E-state index contributed by atoms with van der Waals surface area (Å²) >= 11 is 1.45. The van der Waals surface area contributed by atoms with Crippen LogP contribution in [-0.4, -0.2) is 71.4 Å². The second-order valence-electron chi connectivity index (χ2n) is 6.99. The average Bonchev–Trinajstić information content (AvgIpc) is 2.74. The first-order valence-electron chi connectivity index (χ1n) is 9.81.